The van der Waals surface area contributed by atoms with E-state index >= 15 is 0 Å². The van der Waals surface area contributed by atoms with Crippen molar-refractivity contribution in [1.29, 1.82) is 0 Å². The molecule has 2 unspecified atom stereocenters. The van der Waals surface area contributed by atoms with E-state index in [9.17, 15) is 19.8 Å². The summed E-state index contributed by atoms with van der Waals surface area (Å²) in [6.45, 7) is 8.17. The molecule has 4 aromatic carbocycles. The number of carbonyl (C=O) groups excluding carboxylic acids is 2. The van der Waals surface area contributed by atoms with E-state index in [4.69, 9.17) is 4.74 Å². The molecule has 0 aromatic heterocycles. The molecule has 0 saturated heterocycles. The molecule has 0 radical (unpaired) electrons. The number of benzene rings is 4. The molecule has 0 heterocycles. The van der Waals surface area contributed by atoms with Crippen LogP contribution in [0.1, 0.15) is 71.7 Å². The molecular formula is C34H38O5. The topological polar surface area (TPSA) is 83.8 Å². The highest BCUT2D eigenvalue weighted by Crippen LogP contribution is 2.18. The van der Waals surface area contributed by atoms with E-state index in [1.165, 1.54) is 0 Å². The summed E-state index contributed by atoms with van der Waals surface area (Å²) in [5, 5.41) is 19.8. The Hall–Kier alpha value is -3.90. The first kappa shape index (κ1) is 31.3. The van der Waals surface area contributed by atoms with E-state index in [1.54, 1.807) is 97.1 Å². The van der Waals surface area contributed by atoms with Crippen molar-refractivity contribution < 1.29 is 24.5 Å². The van der Waals surface area contributed by atoms with Crippen LogP contribution in [0.5, 0.6) is 0 Å². The van der Waals surface area contributed by atoms with Gasteiger partial charge < -0.3 is 14.9 Å². The predicted octanol–water partition coefficient (Wildman–Crippen LogP) is 7.03. The van der Waals surface area contributed by atoms with E-state index in [1.807, 2.05) is 52.0 Å². The Kier molecular flexibility index (Phi) is 13.5. The molecule has 0 spiro atoms. The van der Waals surface area contributed by atoms with Crippen molar-refractivity contribution in [2.45, 2.75) is 52.1 Å². The number of hydrogen-bond donors (Lipinski definition) is 2. The average Bonchev–Trinajstić information content (AvgIpc) is 2.97. The highest BCUT2D eigenvalue weighted by atomic mass is 16.5. The molecule has 0 bridgehead atoms. The summed E-state index contributed by atoms with van der Waals surface area (Å²) in [6, 6.07) is 35.5. The monoisotopic (exact) mass is 526 g/mol. The first-order valence-electron chi connectivity index (χ1n) is 13.0. The first-order chi connectivity index (χ1) is 18.7. The van der Waals surface area contributed by atoms with Gasteiger partial charge >= 0.3 is 0 Å². The number of Topliss-reactive ketones (excluding diaryl/α,β-unsaturated/α-hetero) is 2. The molecular weight excluding hydrogens is 488 g/mol. The van der Waals surface area contributed by atoms with Crippen LogP contribution in [0, 0.1) is 0 Å². The Morgan fingerprint density at radius 1 is 0.487 bits per heavy atom. The Balaban J connectivity index is 0.000000222. The molecule has 5 heteroatoms. The fourth-order valence-corrected chi connectivity index (χ4v) is 3.64. The van der Waals surface area contributed by atoms with Gasteiger partial charge in [-0.3, -0.25) is 9.59 Å². The lowest BCUT2D eigenvalue weighted by Crippen LogP contribution is -2.11. The van der Waals surface area contributed by atoms with Crippen molar-refractivity contribution in [3.05, 3.63) is 144 Å². The third-order valence-corrected chi connectivity index (χ3v) is 5.39. The molecule has 204 valence electrons. The van der Waals surface area contributed by atoms with Crippen LogP contribution < -0.4 is 0 Å². The maximum absolute atomic E-state index is 11.9. The minimum Gasteiger partial charge on any atom is -0.380 e. The van der Waals surface area contributed by atoms with Crippen LogP contribution in [0.25, 0.3) is 0 Å². The molecule has 0 aliphatic heterocycles. The number of hydrogen-bond acceptors (Lipinski definition) is 5. The molecule has 39 heavy (non-hydrogen) atoms. The third kappa shape index (κ3) is 11.2. The number of rotatable bonds is 8. The van der Waals surface area contributed by atoms with Crippen molar-refractivity contribution in [1.82, 2.24) is 0 Å². The van der Waals surface area contributed by atoms with Crippen molar-refractivity contribution in [2.75, 3.05) is 0 Å². The summed E-state index contributed by atoms with van der Waals surface area (Å²) < 4.78 is 5.25. The molecule has 4 aromatic rings. The molecule has 0 saturated carbocycles. The van der Waals surface area contributed by atoms with Crippen LogP contribution in [0.4, 0.5) is 0 Å². The zero-order valence-corrected chi connectivity index (χ0v) is 23.0. The maximum atomic E-state index is 11.9. The third-order valence-electron chi connectivity index (χ3n) is 5.39. The Bertz CT molecular complexity index is 1120. The van der Waals surface area contributed by atoms with Gasteiger partial charge in [-0.25, -0.2) is 0 Å². The lowest BCUT2D eigenvalue weighted by atomic mass is 10.0. The molecule has 0 amide bonds. The maximum Gasteiger partial charge on any atom is 0.195 e. The van der Waals surface area contributed by atoms with Gasteiger partial charge in [0.05, 0.1) is 12.2 Å². The van der Waals surface area contributed by atoms with E-state index in [-0.39, 0.29) is 11.6 Å². The van der Waals surface area contributed by atoms with Crippen molar-refractivity contribution >= 4 is 11.6 Å². The lowest BCUT2D eigenvalue weighted by Gasteiger charge is -2.09. The van der Waals surface area contributed by atoms with Crippen LogP contribution in [0.2, 0.25) is 0 Å². The van der Waals surface area contributed by atoms with Gasteiger partial charge in [-0.1, -0.05) is 121 Å². The zero-order chi connectivity index (χ0) is 28.6. The fraction of sp³-hybridized carbons (Fsp3) is 0.235. The van der Waals surface area contributed by atoms with Gasteiger partial charge in [0.25, 0.3) is 0 Å². The quantitative estimate of drug-likeness (QED) is 0.241. The molecule has 2 N–H and O–H groups in total. The number of aliphatic hydroxyl groups is 2. The van der Waals surface area contributed by atoms with E-state index in [2.05, 4.69) is 0 Å². The lowest BCUT2D eigenvalue weighted by molar-refractivity contribution is 0.0300. The fourth-order valence-electron chi connectivity index (χ4n) is 3.64. The van der Waals surface area contributed by atoms with Crippen LogP contribution in [0.15, 0.2) is 121 Å². The van der Waals surface area contributed by atoms with E-state index in [0.717, 1.165) is 0 Å². The molecule has 2 atom stereocenters. The average molecular weight is 527 g/mol. The minimum absolute atomic E-state index is 0.271. The van der Waals surface area contributed by atoms with Crippen molar-refractivity contribution in [3.63, 3.8) is 0 Å². The van der Waals surface area contributed by atoms with E-state index < -0.39 is 12.2 Å². The van der Waals surface area contributed by atoms with Crippen LogP contribution in [-0.2, 0) is 4.74 Å². The normalized spacial score (nSPS) is 11.9. The second-order valence-electron chi connectivity index (χ2n) is 9.32. The Labute approximate surface area is 231 Å². The van der Waals surface area contributed by atoms with Gasteiger partial charge in [0, 0.05) is 11.1 Å². The summed E-state index contributed by atoms with van der Waals surface area (Å²) in [5.74, 6) is -0.543. The standard InChI is InChI=1S/2C14H12O2.C6H14O/c2*15-13(11-7-3-1-4-8-11)14(16)12-9-5-2-6-10-12;1-5(2)7-6(3)4/h2*1-10,13,15H;5-6H,1-4H3. The second-order valence-corrected chi connectivity index (χ2v) is 9.32. The SMILES string of the molecule is CC(C)OC(C)C.O=C(c1ccccc1)C(O)c1ccccc1.O=C(c1ccccc1)C(O)c1ccccc1. The highest BCUT2D eigenvalue weighted by molar-refractivity contribution is 6.00. The number of ketones is 2. The van der Waals surface area contributed by atoms with Gasteiger partial charge in [-0.05, 0) is 38.8 Å². The van der Waals surface area contributed by atoms with Crippen LogP contribution >= 0.6 is 0 Å². The smallest absolute Gasteiger partial charge is 0.195 e. The summed E-state index contributed by atoms with van der Waals surface area (Å²) in [5.41, 5.74) is 2.30. The number of aliphatic hydroxyl groups excluding tert-OH is 2. The Morgan fingerprint density at radius 2 is 0.744 bits per heavy atom. The predicted molar refractivity (Wildman–Crippen MR) is 156 cm³/mol. The largest absolute Gasteiger partial charge is 0.380 e. The zero-order valence-electron chi connectivity index (χ0n) is 23.0. The van der Waals surface area contributed by atoms with Crippen molar-refractivity contribution in [3.8, 4) is 0 Å². The molecule has 0 aliphatic carbocycles. The van der Waals surface area contributed by atoms with Gasteiger partial charge in [-0.2, -0.15) is 0 Å². The molecule has 4 rings (SSSR count). The van der Waals surface area contributed by atoms with Crippen molar-refractivity contribution in [2.24, 2.45) is 0 Å². The van der Waals surface area contributed by atoms with Gasteiger partial charge in [0.2, 0.25) is 0 Å². The molecule has 5 nitrogen and oxygen atoms in total. The number of ether oxygens (including phenoxy) is 1. The van der Waals surface area contributed by atoms with Crippen LogP contribution in [0.3, 0.4) is 0 Å². The molecule has 0 aliphatic rings. The molecule has 0 fully saturated rings. The summed E-state index contributed by atoms with van der Waals surface area (Å²) in [6.07, 6.45) is -1.41. The minimum atomic E-state index is -1.08. The van der Waals surface area contributed by atoms with Gasteiger partial charge in [-0.15, -0.1) is 0 Å². The summed E-state index contributed by atoms with van der Waals surface area (Å²) >= 11 is 0. The van der Waals surface area contributed by atoms with Crippen LogP contribution in [-0.4, -0.2) is 34.0 Å². The summed E-state index contributed by atoms with van der Waals surface area (Å²) in [4.78, 5) is 23.8. The van der Waals surface area contributed by atoms with Gasteiger partial charge in [0.15, 0.2) is 11.6 Å². The highest BCUT2D eigenvalue weighted by Gasteiger charge is 2.19. The van der Waals surface area contributed by atoms with Gasteiger partial charge in [0.1, 0.15) is 12.2 Å². The Morgan fingerprint density at radius 3 is 0.974 bits per heavy atom. The first-order valence-corrected chi connectivity index (χ1v) is 13.0. The second kappa shape index (κ2) is 16.8. The summed E-state index contributed by atoms with van der Waals surface area (Å²) in [7, 11) is 0. The number of carbonyl (C=O) groups is 2. The van der Waals surface area contributed by atoms with E-state index in [0.29, 0.717) is 34.5 Å².